The Morgan fingerprint density at radius 2 is 2.18 bits per heavy atom. The van der Waals surface area contributed by atoms with Crippen molar-refractivity contribution in [1.82, 2.24) is 4.90 Å². The van der Waals surface area contributed by atoms with E-state index in [4.69, 9.17) is 23.2 Å². The standard InChI is InChI=1S/C13H17Cl2NO/c1-10(11-5-3-6-12(15)9-11)16(2)13(17)7-4-8-14/h3,5-6,9-10H,4,7-8H2,1-2H3. The van der Waals surface area contributed by atoms with Crippen molar-refractivity contribution in [2.24, 2.45) is 0 Å². The van der Waals surface area contributed by atoms with Crippen molar-refractivity contribution in [3.05, 3.63) is 34.9 Å². The van der Waals surface area contributed by atoms with Crippen molar-refractivity contribution in [2.45, 2.75) is 25.8 Å². The third kappa shape index (κ3) is 4.21. The number of alkyl halides is 1. The summed E-state index contributed by atoms with van der Waals surface area (Å²) in [6.45, 7) is 1.99. The molecule has 1 amide bonds. The van der Waals surface area contributed by atoms with Gasteiger partial charge in [-0.3, -0.25) is 4.79 Å². The topological polar surface area (TPSA) is 20.3 Å². The van der Waals surface area contributed by atoms with E-state index < -0.39 is 0 Å². The number of hydrogen-bond donors (Lipinski definition) is 0. The van der Waals surface area contributed by atoms with Gasteiger partial charge in [-0.05, 0) is 31.0 Å². The van der Waals surface area contributed by atoms with E-state index in [9.17, 15) is 4.79 Å². The molecule has 0 fully saturated rings. The van der Waals surface area contributed by atoms with Crippen LogP contribution >= 0.6 is 23.2 Å². The van der Waals surface area contributed by atoms with Gasteiger partial charge >= 0.3 is 0 Å². The van der Waals surface area contributed by atoms with E-state index in [0.717, 1.165) is 5.56 Å². The van der Waals surface area contributed by atoms with Crippen molar-refractivity contribution < 1.29 is 4.79 Å². The maximum absolute atomic E-state index is 11.8. The summed E-state index contributed by atoms with van der Waals surface area (Å²) >= 11 is 11.5. The van der Waals surface area contributed by atoms with Gasteiger partial charge in [-0.2, -0.15) is 0 Å². The van der Waals surface area contributed by atoms with Crippen LogP contribution in [0.1, 0.15) is 31.4 Å². The molecule has 1 aromatic rings. The first-order chi connectivity index (χ1) is 8.06. The van der Waals surface area contributed by atoms with Gasteiger partial charge < -0.3 is 4.90 Å². The zero-order valence-electron chi connectivity index (χ0n) is 10.1. The normalized spacial score (nSPS) is 12.2. The molecule has 2 nitrogen and oxygen atoms in total. The van der Waals surface area contributed by atoms with Crippen LogP contribution in [0.5, 0.6) is 0 Å². The second kappa shape index (κ2) is 6.87. The van der Waals surface area contributed by atoms with E-state index in [1.54, 1.807) is 4.90 Å². The third-order valence-corrected chi connectivity index (χ3v) is 3.33. The van der Waals surface area contributed by atoms with Crippen LogP contribution in [0, 0.1) is 0 Å². The molecule has 4 heteroatoms. The fourth-order valence-corrected chi connectivity index (χ4v) is 1.93. The monoisotopic (exact) mass is 273 g/mol. The van der Waals surface area contributed by atoms with Gasteiger partial charge in [0.1, 0.15) is 0 Å². The smallest absolute Gasteiger partial charge is 0.222 e. The molecule has 1 rings (SSSR count). The molecule has 1 unspecified atom stereocenters. The molecule has 0 saturated carbocycles. The number of amides is 1. The van der Waals surface area contributed by atoms with Crippen LogP contribution in [0.25, 0.3) is 0 Å². The Morgan fingerprint density at radius 1 is 1.47 bits per heavy atom. The molecule has 0 radical (unpaired) electrons. The fourth-order valence-electron chi connectivity index (χ4n) is 1.60. The summed E-state index contributed by atoms with van der Waals surface area (Å²) in [6, 6.07) is 7.61. The molecule has 0 spiro atoms. The minimum atomic E-state index is 0.0246. The number of nitrogens with zero attached hydrogens (tertiary/aromatic N) is 1. The molecule has 0 aliphatic rings. The Balaban J connectivity index is 2.69. The van der Waals surface area contributed by atoms with Gasteiger partial charge in [-0.1, -0.05) is 23.7 Å². The summed E-state index contributed by atoms with van der Waals surface area (Å²) < 4.78 is 0. The summed E-state index contributed by atoms with van der Waals surface area (Å²) in [5.41, 5.74) is 1.04. The lowest BCUT2D eigenvalue weighted by Crippen LogP contribution is -2.29. The molecule has 17 heavy (non-hydrogen) atoms. The van der Waals surface area contributed by atoms with E-state index in [2.05, 4.69) is 0 Å². The van der Waals surface area contributed by atoms with Crippen molar-refractivity contribution in [3.8, 4) is 0 Å². The summed E-state index contributed by atoms with van der Waals surface area (Å²) in [7, 11) is 1.81. The molecule has 1 atom stereocenters. The first kappa shape index (κ1) is 14.3. The SMILES string of the molecule is CC(c1cccc(Cl)c1)N(C)C(=O)CCCCl. The van der Waals surface area contributed by atoms with Crippen LogP contribution in [-0.2, 0) is 4.79 Å². The fraction of sp³-hybridized carbons (Fsp3) is 0.462. The van der Waals surface area contributed by atoms with Crippen LogP contribution < -0.4 is 0 Å². The number of benzene rings is 1. The van der Waals surface area contributed by atoms with E-state index >= 15 is 0 Å². The summed E-state index contributed by atoms with van der Waals surface area (Å²) in [4.78, 5) is 13.6. The van der Waals surface area contributed by atoms with Crippen molar-refractivity contribution in [1.29, 1.82) is 0 Å². The molecule has 0 aliphatic carbocycles. The lowest BCUT2D eigenvalue weighted by atomic mass is 10.1. The lowest BCUT2D eigenvalue weighted by Gasteiger charge is -2.25. The van der Waals surface area contributed by atoms with Crippen molar-refractivity contribution in [2.75, 3.05) is 12.9 Å². The summed E-state index contributed by atoms with van der Waals surface area (Å²) in [5, 5.41) is 0.691. The highest BCUT2D eigenvalue weighted by Crippen LogP contribution is 2.22. The Kier molecular flexibility index (Phi) is 5.79. The highest BCUT2D eigenvalue weighted by Gasteiger charge is 2.16. The average Bonchev–Trinajstić information content (AvgIpc) is 2.34. The van der Waals surface area contributed by atoms with Gasteiger partial charge in [0.05, 0.1) is 6.04 Å². The average molecular weight is 274 g/mol. The third-order valence-electron chi connectivity index (χ3n) is 2.83. The first-order valence-corrected chi connectivity index (χ1v) is 6.54. The quantitative estimate of drug-likeness (QED) is 0.746. The van der Waals surface area contributed by atoms with Gasteiger partial charge in [0, 0.05) is 24.4 Å². The molecule has 0 bridgehead atoms. The number of halogens is 2. The maximum Gasteiger partial charge on any atom is 0.222 e. The highest BCUT2D eigenvalue weighted by molar-refractivity contribution is 6.30. The lowest BCUT2D eigenvalue weighted by molar-refractivity contribution is -0.131. The van der Waals surface area contributed by atoms with Crippen molar-refractivity contribution >= 4 is 29.1 Å². The zero-order valence-corrected chi connectivity index (χ0v) is 11.6. The van der Waals surface area contributed by atoms with Gasteiger partial charge in [-0.15, -0.1) is 11.6 Å². The number of rotatable bonds is 5. The largest absolute Gasteiger partial charge is 0.339 e. The summed E-state index contributed by atoms with van der Waals surface area (Å²) in [5.74, 6) is 0.628. The van der Waals surface area contributed by atoms with E-state index in [1.165, 1.54) is 0 Å². The molecule has 0 heterocycles. The van der Waals surface area contributed by atoms with Crippen molar-refractivity contribution in [3.63, 3.8) is 0 Å². The van der Waals surface area contributed by atoms with E-state index in [-0.39, 0.29) is 11.9 Å². The molecular weight excluding hydrogens is 257 g/mol. The van der Waals surface area contributed by atoms with Gasteiger partial charge in [0.15, 0.2) is 0 Å². The predicted molar refractivity (Wildman–Crippen MR) is 72.6 cm³/mol. The number of carbonyl (C=O) groups is 1. The van der Waals surface area contributed by atoms with Crippen LogP contribution in [-0.4, -0.2) is 23.7 Å². The first-order valence-electron chi connectivity index (χ1n) is 5.63. The Labute approximate surface area is 113 Å². The second-order valence-corrected chi connectivity index (χ2v) is 4.84. The van der Waals surface area contributed by atoms with Crippen LogP contribution in [0.3, 0.4) is 0 Å². The Hall–Kier alpha value is -0.730. The number of carbonyl (C=O) groups excluding carboxylic acids is 1. The van der Waals surface area contributed by atoms with Crippen LogP contribution in [0.15, 0.2) is 24.3 Å². The predicted octanol–water partition coefficient (Wildman–Crippen LogP) is 3.88. The van der Waals surface area contributed by atoms with E-state index in [1.807, 2.05) is 38.2 Å². The molecular formula is C13H17Cl2NO. The molecule has 1 aromatic carbocycles. The molecule has 0 N–H and O–H groups in total. The van der Waals surface area contributed by atoms with Crippen LogP contribution in [0.2, 0.25) is 5.02 Å². The Bertz CT molecular complexity index is 381. The second-order valence-electron chi connectivity index (χ2n) is 4.03. The molecule has 0 aliphatic heterocycles. The minimum absolute atomic E-state index is 0.0246. The van der Waals surface area contributed by atoms with Gasteiger partial charge in [-0.25, -0.2) is 0 Å². The van der Waals surface area contributed by atoms with E-state index in [0.29, 0.717) is 23.7 Å². The van der Waals surface area contributed by atoms with Crippen LogP contribution in [0.4, 0.5) is 0 Å². The van der Waals surface area contributed by atoms with Gasteiger partial charge in [0.2, 0.25) is 5.91 Å². The summed E-state index contributed by atoms with van der Waals surface area (Å²) in [6.07, 6.45) is 1.21. The molecule has 0 aromatic heterocycles. The number of hydrogen-bond acceptors (Lipinski definition) is 1. The molecule has 94 valence electrons. The highest BCUT2D eigenvalue weighted by atomic mass is 35.5. The Morgan fingerprint density at radius 3 is 2.76 bits per heavy atom. The maximum atomic E-state index is 11.8. The zero-order chi connectivity index (χ0) is 12.8. The van der Waals surface area contributed by atoms with Gasteiger partial charge in [0.25, 0.3) is 0 Å². The molecule has 0 saturated heterocycles. The minimum Gasteiger partial charge on any atom is -0.339 e.